The van der Waals surface area contributed by atoms with Crippen LogP contribution in [0.4, 0.5) is 18.9 Å². The quantitative estimate of drug-likeness (QED) is 0.473. The number of nitrogens with one attached hydrogen (secondary N) is 1. The Hall–Kier alpha value is -2.97. The van der Waals surface area contributed by atoms with Crippen molar-refractivity contribution in [3.05, 3.63) is 75.4 Å². The van der Waals surface area contributed by atoms with Gasteiger partial charge in [-0.1, -0.05) is 47.5 Å². The fourth-order valence-electron chi connectivity index (χ4n) is 3.35. The van der Waals surface area contributed by atoms with Crippen LogP contribution in [-0.4, -0.2) is 22.3 Å². The number of rotatable bonds is 5. The number of aromatic nitrogens is 2. The molecule has 1 amide bonds. The number of benzene rings is 2. The summed E-state index contributed by atoms with van der Waals surface area (Å²) in [7, 11) is 0. The van der Waals surface area contributed by atoms with Crippen molar-refractivity contribution in [3.8, 4) is 11.6 Å². The van der Waals surface area contributed by atoms with Crippen LogP contribution in [0.1, 0.15) is 23.2 Å². The molecule has 0 aliphatic heterocycles. The number of anilines is 1. The zero-order valence-corrected chi connectivity index (χ0v) is 17.9. The normalized spacial score (nSPS) is 13.0. The van der Waals surface area contributed by atoms with Gasteiger partial charge in [0.15, 0.2) is 12.3 Å². The third-order valence-corrected chi connectivity index (χ3v) is 5.49. The number of carbonyl (C=O) groups is 1. The highest BCUT2D eigenvalue weighted by Crippen LogP contribution is 2.34. The first-order valence-corrected chi connectivity index (χ1v) is 10.3. The fraction of sp³-hybridized carbons (Fsp3) is 0.182. The summed E-state index contributed by atoms with van der Waals surface area (Å²) in [5.41, 5.74) is 1.31. The van der Waals surface area contributed by atoms with Crippen molar-refractivity contribution in [1.29, 1.82) is 0 Å². The minimum Gasteiger partial charge on any atom is -0.467 e. The maximum atomic E-state index is 13.2. The number of hydrogen-bond acceptors (Lipinski definition) is 3. The van der Waals surface area contributed by atoms with E-state index >= 15 is 0 Å². The highest BCUT2D eigenvalue weighted by molar-refractivity contribution is 6.32. The lowest BCUT2D eigenvalue weighted by molar-refractivity contribution is -0.141. The molecule has 0 saturated carbocycles. The van der Waals surface area contributed by atoms with Crippen LogP contribution < -0.4 is 10.1 Å². The number of alkyl halides is 3. The Kier molecular flexibility index (Phi) is 6.17. The molecule has 1 aliphatic rings. The van der Waals surface area contributed by atoms with Crippen LogP contribution in [0.15, 0.2) is 48.5 Å². The molecule has 166 valence electrons. The van der Waals surface area contributed by atoms with Gasteiger partial charge in [-0.3, -0.25) is 4.79 Å². The third-order valence-electron chi connectivity index (χ3n) is 4.82. The van der Waals surface area contributed by atoms with Crippen molar-refractivity contribution < 1.29 is 22.7 Å². The average molecular weight is 482 g/mol. The number of allylic oxidation sites excluding steroid dienone is 1. The van der Waals surface area contributed by atoms with Crippen LogP contribution >= 0.6 is 23.2 Å². The Bertz CT molecular complexity index is 1210. The topological polar surface area (TPSA) is 56.1 Å². The predicted octanol–water partition coefficient (Wildman–Crippen LogP) is 6.17. The molecule has 1 heterocycles. The van der Waals surface area contributed by atoms with Crippen molar-refractivity contribution in [3.63, 3.8) is 0 Å². The number of hydrogen-bond donors (Lipinski definition) is 1. The summed E-state index contributed by atoms with van der Waals surface area (Å²) >= 11 is 12.3. The number of amides is 1. The minimum atomic E-state index is -4.69. The molecule has 1 aromatic heterocycles. The SMILES string of the molecule is O=C(COc1cc(C(F)(F)F)nn1-c1ccccc1Cl)Nc1ccc(Cl)c2c1C=CCC2. The van der Waals surface area contributed by atoms with E-state index in [-0.39, 0.29) is 16.6 Å². The number of fused-ring (bicyclic) bond motifs is 1. The van der Waals surface area contributed by atoms with E-state index in [1.54, 1.807) is 24.3 Å². The average Bonchev–Trinajstić information content (AvgIpc) is 3.19. The molecule has 4 rings (SSSR count). The van der Waals surface area contributed by atoms with E-state index < -0.39 is 24.4 Å². The zero-order valence-electron chi connectivity index (χ0n) is 16.4. The lowest BCUT2D eigenvalue weighted by atomic mass is 9.96. The molecule has 0 radical (unpaired) electrons. The van der Waals surface area contributed by atoms with E-state index in [2.05, 4.69) is 10.4 Å². The highest BCUT2D eigenvalue weighted by Gasteiger charge is 2.36. The first-order chi connectivity index (χ1) is 15.2. The van der Waals surface area contributed by atoms with E-state index in [9.17, 15) is 18.0 Å². The second kappa shape index (κ2) is 8.88. The van der Waals surface area contributed by atoms with Gasteiger partial charge in [0.05, 0.1) is 10.7 Å². The molecule has 10 heteroatoms. The first kappa shape index (κ1) is 22.2. The molecular weight excluding hydrogens is 466 g/mol. The van der Waals surface area contributed by atoms with Gasteiger partial charge >= 0.3 is 6.18 Å². The molecule has 0 atom stereocenters. The molecule has 5 nitrogen and oxygen atoms in total. The van der Waals surface area contributed by atoms with E-state index in [1.807, 2.05) is 12.2 Å². The van der Waals surface area contributed by atoms with Crippen LogP contribution in [0.5, 0.6) is 5.88 Å². The molecule has 3 aromatic rings. The van der Waals surface area contributed by atoms with E-state index in [4.69, 9.17) is 27.9 Å². The number of para-hydroxylation sites is 1. The molecule has 1 aliphatic carbocycles. The summed E-state index contributed by atoms with van der Waals surface area (Å²) < 4.78 is 46.0. The van der Waals surface area contributed by atoms with Gasteiger partial charge in [0.1, 0.15) is 0 Å². The lowest BCUT2D eigenvalue weighted by Crippen LogP contribution is -2.22. The van der Waals surface area contributed by atoms with Crippen LogP contribution in [0.25, 0.3) is 11.8 Å². The standard InChI is InChI=1S/C22H16Cl2F3N3O2/c23-15-9-10-17(14-6-2-1-5-13(14)15)28-20(31)12-32-21-11-19(22(25,26)27)29-30(21)18-8-4-3-7-16(18)24/h2-4,6-11H,1,5,12H2,(H,28,31). The molecule has 0 bridgehead atoms. The maximum absolute atomic E-state index is 13.2. The Labute approximate surface area is 191 Å². The van der Waals surface area contributed by atoms with Crippen LogP contribution in [0.3, 0.4) is 0 Å². The molecule has 1 N–H and O–H groups in total. The number of carbonyl (C=O) groups excluding carboxylic acids is 1. The summed E-state index contributed by atoms with van der Waals surface area (Å²) in [6.45, 7) is -0.533. The maximum Gasteiger partial charge on any atom is 0.435 e. The van der Waals surface area contributed by atoms with Crippen molar-refractivity contribution in [2.24, 2.45) is 0 Å². The Morgan fingerprint density at radius 3 is 2.69 bits per heavy atom. The molecule has 0 spiro atoms. The molecular formula is C22H16Cl2F3N3O2. The van der Waals surface area contributed by atoms with Gasteiger partial charge in [-0.2, -0.15) is 23.0 Å². The van der Waals surface area contributed by atoms with Gasteiger partial charge in [0.2, 0.25) is 5.88 Å². The van der Waals surface area contributed by atoms with Gasteiger partial charge in [-0.25, -0.2) is 0 Å². The third kappa shape index (κ3) is 4.61. The summed E-state index contributed by atoms with van der Waals surface area (Å²) in [5.74, 6) is -0.812. The lowest BCUT2D eigenvalue weighted by Gasteiger charge is -2.17. The monoisotopic (exact) mass is 481 g/mol. The highest BCUT2D eigenvalue weighted by atomic mass is 35.5. The van der Waals surface area contributed by atoms with E-state index in [0.717, 1.165) is 34.7 Å². The van der Waals surface area contributed by atoms with Crippen LogP contribution in [-0.2, 0) is 17.4 Å². The van der Waals surface area contributed by atoms with Gasteiger partial charge in [-0.05, 0) is 42.7 Å². The predicted molar refractivity (Wildman–Crippen MR) is 117 cm³/mol. The first-order valence-electron chi connectivity index (χ1n) is 9.57. The Balaban J connectivity index is 1.55. The molecule has 0 unspecified atom stereocenters. The van der Waals surface area contributed by atoms with E-state index in [1.165, 1.54) is 12.1 Å². The largest absolute Gasteiger partial charge is 0.467 e. The number of ether oxygens (including phenoxy) is 1. The summed E-state index contributed by atoms with van der Waals surface area (Å²) in [5, 5.41) is 7.08. The minimum absolute atomic E-state index is 0.179. The molecule has 32 heavy (non-hydrogen) atoms. The van der Waals surface area contributed by atoms with Crippen LogP contribution in [0, 0.1) is 0 Å². The van der Waals surface area contributed by atoms with Gasteiger partial charge in [0, 0.05) is 22.3 Å². The second-order valence-corrected chi connectivity index (χ2v) is 7.81. The number of halogens is 5. The molecule has 0 saturated heterocycles. The summed E-state index contributed by atoms with van der Waals surface area (Å²) in [4.78, 5) is 12.5. The fourth-order valence-corrected chi connectivity index (χ4v) is 3.82. The number of nitrogens with zero attached hydrogens (tertiary/aromatic N) is 2. The van der Waals surface area contributed by atoms with Gasteiger partial charge in [0.25, 0.3) is 5.91 Å². The van der Waals surface area contributed by atoms with Crippen molar-refractivity contribution >= 4 is 40.9 Å². The van der Waals surface area contributed by atoms with E-state index in [0.29, 0.717) is 10.7 Å². The van der Waals surface area contributed by atoms with Gasteiger partial charge in [-0.15, -0.1) is 0 Å². The van der Waals surface area contributed by atoms with Crippen molar-refractivity contribution in [2.75, 3.05) is 11.9 Å². The molecule has 2 aromatic carbocycles. The summed E-state index contributed by atoms with van der Waals surface area (Å²) in [6.07, 6.45) is 0.763. The summed E-state index contributed by atoms with van der Waals surface area (Å²) in [6, 6.07) is 10.3. The Morgan fingerprint density at radius 2 is 1.94 bits per heavy atom. The Morgan fingerprint density at radius 1 is 1.16 bits per heavy atom. The molecule has 0 fully saturated rings. The van der Waals surface area contributed by atoms with Crippen molar-refractivity contribution in [1.82, 2.24) is 9.78 Å². The van der Waals surface area contributed by atoms with Crippen molar-refractivity contribution in [2.45, 2.75) is 19.0 Å². The smallest absolute Gasteiger partial charge is 0.435 e. The van der Waals surface area contributed by atoms with Gasteiger partial charge < -0.3 is 10.1 Å². The zero-order chi connectivity index (χ0) is 22.9. The second-order valence-electron chi connectivity index (χ2n) is 6.99. The van der Waals surface area contributed by atoms with Crippen LogP contribution in [0.2, 0.25) is 10.0 Å².